The highest BCUT2D eigenvalue weighted by atomic mass is 32.1. The zero-order chi connectivity index (χ0) is 12.3. The van der Waals surface area contributed by atoms with Gasteiger partial charge in [0, 0.05) is 11.6 Å². The van der Waals surface area contributed by atoms with E-state index in [9.17, 15) is 9.59 Å². The summed E-state index contributed by atoms with van der Waals surface area (Å²) in [6.45, 7) is 0. The molecule has 0 aromatic carbocycles. The number of amides is 1. The van der Waals surface area contributed by atoms with Gasteiger partial charge in [-0.25, -0.2) is 4.98 Å². The third kappa shape index (κ3) is 2.71. The van der Waals surface area contributed by atoms with Crippen LogP contribution in [0.3, 0.4) is 0 Å². The number of anilines is 1. The standard InChI is InChI=1S/C11H12N2O3S/c14-9(13-11-12-5-6-17-11)7-3-1-2-4-8(7)10(15)16/h1-2,5-8H,3-4H2,(H,15,16)(H,12,13,14)/t7-,8-/m0/s1. The highest BCUT2D eigenvalue weighted by Gasteiger charge is 2.34. The Balaban J connectivity index is 2.07. The number of rotatable bonds is 3. The van der Waals surface area contributed by atoms with E-state index in [4.69, 9.17) is 5.11 Å². The Morgan fingerprint density at radius 3 is 2.65 bits per heavy atom. The van der Waals surface area contributed by atoms with Gasteiger partial charge in [0.05, 0.1) is 11.8 Å². The SMILES string of the molecule is O=C(O)[C@H]1CC=CC[C@@H]1C(=O)Nc1nccs1. The topological polar surface area (TPSA) is 79.3 Å². The molecule has 90 valence electrons. The number of hydrogen-bond donors (Lipinski definition) is 2. The van der Waals surface area contributed by atoms with Crippen LogP contribution in [0, 0.1) is 11.8 Å². The number of aromatic nitrogens is 1. The number of nitrogens with zero attached hydrogens (tertiary/aromatic N) is 1. The minimum atomic E-state index is -0.923. The summed E-state index contributed by atoms with van der Waals surface area (Å²) in [6, 6.07) is 0. The van der Waals surface area contributed by atoms with Crippen molar-refractivity contribution < 1.29 is 14.7 Å². The number of aliphatic carboxylic acids is 1. The molecule has 1 aliphatic rings. The predicted octanol–water partition coefficient (Wildman–Crippen LogP) is 1.75. The summed E-state index contributed by atoms with van der Waals surface area (Å²) in [5.74, 6) is -2.34. The van der Waals surface area contributed by atoms with Gasteiger partial charge in [0.1, 0.15) is 0 Å². The fraction of sp³-hybridized carbons (Fsp3) is 0.364. The van der Waals surface area contributed by atoms with E-state index in [2.05, 4.69) is 10.3 Å². The van der Waals surface area contributed by atoms with E-state index >= 15 is 0 Å². The lowest BCUT2D eigenvalue weighted by Crippen LogP contribution is -2.34. The molecular formula is C11H12N2O3S. The fourth-order valence-electron chi connectivity index (χ4n) is 1.86. The Morgan fingerprint density at radius 1 is 1.35 bits per heavy atom. The van der Waals surface area contributed by atoms with Gasteiger partial charge in [-0.15, -0.1) is 11.3 Å². The van der Waals surface area contributed by atoms with Gasteiger partial charge in [0.2, 0.25) is 5.91 Å². The fourth-order valence-corrected chi connectivity index (χ4v) is 2.39. The highest BCUT2D eigenvalue weighted by Crippen LogP contribution is 2.27. The second kappa shape index (κ2) is 5.09. The number of nitrogens with one attached hydrogen (secondary N) is 1. The van der Waals surface area contributed by atoms with Crippen LogP contribution in [0.4, 0.5) is 5.13 Å². The molecule has 0 saturated heterocycles. The van der Waals surface area contributed by atoms with Gasteiger partial charge < -0.3 is 10.4 Å². The average molecular weight is 252 g/mol. The number of carboxylic acids is 1. The van der Waals surface area contributed by atoms with Gasteiger partial charge in [-0.3, -0.25) is 9.59 Å². The number of thiazole rings is 1. The maximum atomic E-state index is 11.9. The first-order valence-electron chi connectivity index (χ1n) is 5.26. The average Bonchev–Trinajstić information content (AvgIpc) is 2.81. The van der Waals surface area contributed by atoms with Gasteiger partial charge in [0.15, 0.2) is 5.13 Å². The van der Waals surface area contributed by atoms with Crippen LogP contribution in [-0.4, -0.2) is 22.0 Å². The maximum absolute atomic E-state index is 11.9. The predicted molar refractivity (Wildman–Crippen MR) is 63.7 cm³/mol. The lowest BCUT2D eigenvalue weighted by molar-refractivity contribution is -0.146. The van der Waals surface area contributed by atoms with Crippen molar-refractivity contribution in [3.63, 3.8) is 0 Å². The van der Waals surface area contributed by atoms with Gasteiger partial charge in [-0.2, -0.15) is 0 Å². The van der Waals surface area contributed by atoms with Crippen molar-refractivity contribution in [2.45, 2.75) is 12.8 Å². The van der Waals surface area contributed by atoms with Crippen molar-refractivity contribution in [3.8, 4) is 0 Å². The molecule has 2 N–H and O–H groups in total. The molecular weight excluding hydrogens is 240 g/mol. The molecule has 0 fully saturated rings. The maximum Gasteiger partial charge on any atom is 0.307 e. The number of allylic oxidation sites excluding steroid dienone is 2. The van der Waals surface area contributed by atoms with Gasteiger partial charge in [-0.1, -0.05) is 12.2 Å². The van der Waals surface area contributed by atoms with Crippen LogP contribution < -0.4 is 5.32 Å². The van der Waals surface area contributed by atoms with Crippen LogP contribution in [0.2, 0.25) is 0 Å². The van der Waals surface area contributed by atoms with Crippen molar-refractivity contribution in [1.29, 1.82) is 0 Å². The summed E-state index contributed by atoms with van der Waals surface area (Å²) in [5.41, 5.74) is 0. The quantitative estimate of drug-likeness (QED) is 0.803. The molecule has 2 atom stereocenters. The van der Waals surface area contributed by atoms with E-state index in [0.717, 1.165) is 0 Å². The van der Waals surface area contributed by atoms with Crippen molar-refractivity contribution >= 4 is 28.3 Å². The van der Waals surface area contributed by atoms with Crippen molar-refractivity contribution in [2.75, 3.05) is 5.32 Å². The lowest BCUT2D eigenvalue weighted by Gasteiger charge is -2.23. The molecule has 5 nitrogen and oxygen atoms in total. The smallest absolute Gasteiger partial charge is 0.307 e. The van der Waals surface area contributed by atoms with Crippen molar-refractivity contribution in [1.82, 2.24) is 4.98 Å². The van der Waals surface area contributed by atoms with Gasteiger partial charge in [-0.05, 0) is 12.8 Å². The van der Waals surface area contributed by atoms with Crippen molar-refractivity contribution in [3.05, 3.63) is 23.7 Å². The molecule has 2 rings (SSSR count). The molecule has 1 aromatic rings. The van der Waals surface area contributed by atoms with Crippen LogP contribution in [0.1, 0.15) is 12.8 Å². The summed E-state index contributed by atoms with van der Waals surface area (Å²) in [6.07, 6.45) is 6.13. The summed E-state index contributed by atoms with van der Waals surface area (Å²) < 4.78 is 0. The van der Waals surface area contributed by atoms with Crippen LogP contribution in [0.25, 0.3) is 0 Å². The normalized spacial score (nSPS) is 23.3. The van der Waals surface area contributed by atoms with E-state index < -0.39 is 17.8 Å². The highest BCUT2D eigenvalue weighted by molar-refractivity contribution is 7.13. The van der Waals surface area contributed by atoms with E-state index in [1.807, 2.05) is 12.2 Å². The van der Waals surface area contributed by atoms with Crippen LogP contribution in [-0.2, 0) is 9.59 Å². The number of carbonyl (C=O) groups is 2. The molecule has 1 aromatic heterocycles. The summed E-state index contributed by atoms with van der Waals surface area (Å²) in [4.78, 5) is 26.9. The molecule has 0 aliphatic heterocycles. The van der Waals surface area contributed by atoms with Crippen LogP contribution in [0.15, 0.2) is 23.7 Å². The Kier molecular flexibility index (Phi) is 3.53. The molecule has 0 saturated carbocycles. The van der Waals surface area contributed by atoms with Crippen molar-refractivity contribution in [2.24, 2.45) is 11.8 Å². The minimum Gasteiger partial charge on any atom is -0.481 e. The first-order chi connectivity index (χ1) is 8.18. The molecule has 1 aliphatic carbocycles. The zero-order valence-electron chi connectivity index (χ0n) is 9.00. The Hall–Kier alpha value is -1.69. The summed E-state index contributed by atoms with van der Waals surface area (Å²) in [7, 11) is 0. The van der Waals surface area contributed by atoms with Crippen LogP contribution >= 0.6 is 11.3 Å². The third-order valence-electron chi connectivity index (χ3n) is 2.75. The molecule has 1 amide bonds. The van der Waals surface area contributed by atoms with Crippen LogP contribution in [0.5, 0.6) is 0 Å². The molecule has 0 unspecified atom stereocenters. The number of carbonyl (C=O) groups excluding carboxylic acids is 1. The summed E-state index contributed by atoms with van der Waals surface area (Å²) in [5, 5.41) is 14.0. The van der Waals surface area contributed by atoms with Gasteiger partial charge >= 0.3 is 5.97 Å². The zero-order valence-corrected chi connectivity index (χ0v) is 9.81. The van der Waals surface area contributed by atoms with E-state index in [-0.39, 0.29) is 5.91 Å². The Labute approximate surface area is 102 Å². The molecule has 0 bridgehead atoms. The second-order valence-electron chi connectivity index (χ2n) is 3.82. The molecule has 1 heterocycles. The first kappa shape index (κ1) is 11.8. The molecule has 17 heavy (non-hydrogen) atoms. The summed E-state index contributed by atoms with van der Waals surface area (Å²) >= 11 is 1.32. The van der Waals surface area contributed by atoms with Gasteiger partial charge in [0.25, 0.3) is 0 Å². The Morgan fingerprint density at radius 2 is 2.06 bits per heavy atom. The number of hydrogen-bond acceptors (Lipinski definition) is 4. The first-order valence-corrected chi connectivity index (χ1v) is 6.14. The largest absolute Gasteiger partial charge is 0.481 e. The third-order valence-corrected chi connectivity index (χ3v) is 3.44. The Bertz CT molecular complexity index is 442. The number of carboxylic acid groups (broad SMARTS) is 1. The lowest BCUT2D eigenvalue weighted by atomic mass is 9.82. The van der Waals surface area contributed by atoms with E-state index in [1.165, 1.54) is 11.3 Å². The molecule has 0 spiro atoms. The minimum absolute atomic E-state index is 0.267. The molecule has 0 radical (unpaired) electrons. The van der Waals surface area contributed by atoms with E-state index in [0.29, 0.717) is 18.0 Å². The second-order valence-corrected chi connectivity index (χ2v) is 4.72. The molecule has 6 heteroatoms. The monoisotopic (exact) mass is 252 g/mol. The van der Waals surface area contributed by atoms with E-state index in [1.54, 1.807) is 11.6 Å².